The monoisotopic (exact) mass is 238 g/mol. The second kappa shape index (κ2) is 5.50. The number of nitrogens with one attached hydrogen (secondary N) is 1. The van der Waals surface area contributed by atoms with E-state index in [0.717, 1.165) is 0 Å². The summed E-state index contributed by atoms with van der Waals surface area (Å²) in [6, 6.07) is 1.71. The SMILES string of the molecule is Cc1cc(C(=O)NCCC(N)=S)c(C)nn1. The minimum atomic E-state index is -0.174. The van der Waals surface area contributed by atoms with Crippen LogP contribution in [0.15, 0.2) is 6.07 Å². The van der Waals surface area contributed by atoms with E-state index in [1.54, 1.807) is 19.9 Å². The van der Waals surface area contributed by atoms with Gasteiger partial charge in [0, 0.05) is 13.0 Å². The predicted octanol–water partition coefficient (Wildman–Crippen LogP) is 0.499. The Morgan fingerprint density at radius 1 is 1.50 bits per heavy atom. The number of thiocarbonyl (C=S) groups is 1. The lowest BCUT2D eigenvalue weighted by molar-refractivity contribution is 0.0953. The fourth-order valence-corrected chi connectivity index (χ4v) is 1.28. The average molecular weight is 238 g/mol. The normalized spacial score (nSPS) is 9.88. The van der Waals surface area contributed by atoms with Crippen molar-refractivity contribution in [3.63, 3.8) is 0 Å². The third kappa shape index (κ3) is 3.54. The van der Waals surface area contributed by atoms with Gasteiger partial charge in [0.1, 0.15) is 0 Å². The summed E-state index contributed by atoms with van der Waals surface area (Å²) in [6.07, 6.45) is 0.498. The van der Waals surface area contributed by atoms with Crippen LogP contribution in [0.4, 0.5) is 0 Å². The largest absolute Gasteiger partial charge is 0.393 e. The maximum absolute atomic E-state index is 11.7. The number of nitrogens with two attached hydrogens (primary N) is 1. The lowest BCUT2D eigenvalue weighted by atomic mass is 10.2. The first kappa shape index (κ1) is 12.5. The maximum atomic E-state index is 11.7. The summed E-state index contributed by atoms with van der Waals surface area (Å²) in [5, 5.41) is 10.5. The molecule has 0 radical (unpaired) electrons. The minimum Gasteiger partial charge on any atom is -0.393 e. The molecule has 1 aromatic heterocycles. The molecule has 1 amide bonds. The summed E-state index contributed by atoms with van der Waals surface area (Å²) < 4.78 is 0. The Kier molecular flexibility index (Phi) is 4.30. The Hall–Kier alpha value is -1.56. The third-order valence-corrected chi connectivity index (χ3v) is 2.21. The molecule has 0 aliphatic carbocycles. The summed E-state index contributed by atoms with van der Waals surface area (Å²) in [5.41, 5.74) is 7.19. The molecule has 0 aliphatic heterocycles. The van der Waals surface area contributed by atoms with Crippen LogP contribution in [0.3, 0.4) is 0 Å². The van der Waals surface area contributed by atoms with E-state index in [1.165, 1.54) is 0 Å². The van der Waals surface area contributed by atoms with Gasteiger partial charge in [-0.05, 0) is 19.9 Å². The van der Waals surface area contributed by atoms with Crippen molar-refractivity contribution in [3.05, 3.63) is 23.0 Å². The van der Waals surface area contributed by atoms with Gasteiger partial charge >= 0.3 is 0 Å². The summed E-state index contributed by atoms with van der Waals surface area (Å²) in [4.78, 5) is 12.1. The number of carbonyl (C=O) groups excluding carboxylic acids is 1. The molecule has 0 spiro atoms. The molecule has 3 N–H and O–H groups in total. The molecule has 86 valence electrons. The molecule has 0 bridgehead atoms. The lowest BCUT2D eigenvalue weighted by Crippen LogP contribution is -2.28. The van der Waals surface area contributed by atoms with Crippen molar-refractivity contribution >= 4 is 23.1 Å². The Morgan fingerprint density at radius 2 is 2.19 bits per heavy atom. The molecule has 1 rings (SSSR count). The van der Waals surface area contributed by atoms with Crippen molar-refractivity contribution in [1.29, 1.82) is 0 Å². The van der Waals surface area contributed by atoms with E-state index in [9.17, 15) is 4.79 Å². The number of hydrogen-bond donors (Lipinski definition) is 2. The van der Waals surface area contributed by atoms with Crippen LogP contribution in [0.25, 0.3) is 0 Å². The molecule has 16 heavy (non-hydrogen) atoms. The molecule has 0 fully saturated rings. The first-order valence-corrected chi connectivity index (χ1v) is 5.29. The highest BCUT2D eigenvalue weighted by molar-refractivity contribution is 7.80. The number of amides is 1. The van der Waals surface area contributed by atoms with E-state index >= 15 is 0 Å². The van der Waals surface area contributed by atoms with E-state index in [2.05, 4.69) is 15.5 Å². The third-order valence-electron chi connectivity index (χ3n) is 2.00. The van der Waals surface area contributed by atoms with Gasteiger partial charge in [0.05, 0.1) is 21.9 Å². The van der Waals surface area contributed by atoms with E-state index in [-0.39, 0.29) is 5.91 Å². The standard InChI is InChI=1S/C10H14N4OS/c1-6-5-8(7(2)14-13-6)10(15)12-4-3-9(11)16/h5H,3-4H2,1-2H3,(H2,11,16)(H,12,15). The van der Waals surface area contributed by atoms with Crippen molar-refractivity contribution in [2.24, 2.45) is 5.73 Å². The number of aryl methyl sites for hydroxylation is 2. The second-order valence-corrected chi connectivity index (χ2v) is 3.98. The zero-order valence-electron chi connectivity index (χ0n) is 9.28. The van der Waals surface area contributed by atoms with Gasteiger partial charge in [-0.2, -0.15) is 10.2 Å². The number of aromatic nitrogens is 2. The molecular formula is C10H14N4OS. The zero-order valence-corrected chi connectivity index (χ0v) is 10.1. The van der Waals surface area contributed by atoms with Gasteiger partial charge in [-0.25, -0.2) is 0 Å². The first-order valence-electron chi connectivity index (χ1n) is 4.88. The lowest BCUT2D eigenvalue weighted by Gasteiger charge is -2.06. The number of rotatable bonds is 4. The van der Waals surface area contributed by atoms with E-state index in [0.29, 0.717) is 34.9 Å². The molecule has 5 nitrogen and oxygen atoms in total. The first-order chi connectivity index (χ1) is 7.50. The fraction of sp³-hybridized carbons (Fsp3) is 0.400. The number of carbonyl (C=O) groups is 1. The van der Waals surface area contributed by atoms with Crippen molar-refractivity contribution in [2.45, 2.75) is 20.3 Å². The van der Waals surface area contributed by atoms with Crippen molar-refractivity contribution in [3.8, 4) is 0 Å². The topological polar surface area (TPSA) is 80.9 Å². The van der Waals surface area contributed by atoms with Gasteiger partial charge < -0.3 is 11.1 Å². The van der Waals surface area contributed by atoms with Gasteiger partial charge in [0.15, 0.2) is 0 Å². The van der Waals surface area contributed by atoms with Crippen LogP contribution in [0.1, 0.15) is 28.2 Å². The van der Waals surface area contributed by atoms with E-state index < -0.39 is 0 Å². The van der Waals surface area contributed by atoms with Crippen LogP contribution in [0.5, 0.6) is 0 Å². The van der Waals surface area contributed by atoms with Gasteiger partial charge in [-0.3, -0.25) is 4.79 Å². The van der Waals surface area contributed by atoms with Crippen molar-refractivity contribution < 1.29 is 4.79 Å². The summed E-state index contributed by atoms with van der Waals surface area (Å²) >= 11 is 4.71. The molecule has 0 aliphatic rings. The van der Waals surface area contributed by atoms with E-state index in [1.807, 2.05) is 0 Å². The Balaban J connectivity index is 2.65. The van der Waals surface area contributed by atoms with Gasteiger partial charge in [0.25, 0.3) is 5.91 Å². The second-order valence-electron chi connectivity index (χ2n) is 3.46. The predicted molar refractivity (Wildman–Crippen MR) is 65.2 cm³/mol. The number of hydrogen-bond acceptors (Lipinski definition) is 4. The molecule has 0 saturated carbocycles. The summed E-state index contributed by atoms with van der Waals surface area (Å²) in [5.74, 6) is -0.174. The molecule has 6 heteroatoms. The van der Waals surface area contributed by atoms with Gasteiger partial charge in [-0.1, -0.05) is 12.2 Å². The van der Waals surface area contributed by atoms with Crippen LogP contribution in [-0.4, -0.2) is 27.6 Å². The Labute approximate surface area is 99.4 Å². The Bertz CT molecular complexity index is 419. The fourth-order valence-electron chi connectivity index (χ4n) is 1.17. The van der Waals surface area contributed by atoms with Gasteiger partial charge in [0.2, 0.25) is 0 Å². The summed E-state index contributed by atoms with van der Waals surface area (Å²) in [7, 11) is 0. The highest BCUT2D eigenvalue weighted by atomic mass is 32.1. The molecule has 0 atom stereocenters. The van der Waals surface area contributed by atoms with Crippen LogP contribution in [0.2, 0.25) is 0 Å². The van der Waals surface area contributed by atoms with E-state index in [4.69, 9.17) is 18.0 Å². The van der Waals surface area contributed by atoms with Crippen molar-refractivity contribution in [2.75, 3.05) is 6.54 Å². The minimum absolute atomic E-state index is 0.174. The molecule has 1 aromatic rings. The van der Waals surface area contributed by atoms with Crippen molar-refractivity contribution in [1.82, 2.24) is 15.5 Å². The smallest absolute Gasteiger partial charge is 0.253 e. The quantitative estimate of drug-likeness (QED) is 0.747. The molecule has 1 heterocycles. The zero-order chi connectivity index (χ0) is 12.1. The number of nitrogens with zero attached hydrogens (tertiary/aromatic N) is 2. The van der Waals surface area contributed by atoms with Crippen LogP contribution < -0.4 is 11.1 Å². The molecule has 0 unspecified atom stereocenters. The van der Waals surface area contributed by atoms with Crippen LogP contribution >= 0.6 is 12.2 Å². The highest BCUT2D eigenvalue weighted by Crippen LogP contribution is 2.04. The van der Waals surface area contributed by atoms with Gasteiger partial charge in [-0.15, -0.1) is 0 Å². The molecular weight excluding hydrogens is 224 g/mol. The Morgan fingerprint density at radius 3 is 2.81 bits per heavy atom. The molecule has 0 saturated heterocycles. The summed E-state index contributed by atoms with van der Waals surface area (Å²) in [6.45, 7) is 3.97. The van der Waals surface area contributed by atoms with Crippen LogP contribution in [-0.2, 0) is 0 Å². The highest BCUT2D eigenvalue weighted by Gasteiger charge is 2.10. The average Bonchev–Trinajstić information content (AvgIpc) is 2.21. The maximum Gasteiger partial charge on any atom is 0.253 e. The molecule has 0 aromatic carbocycles. The van der Waals surface area contributed by atoms with Crippen LogP contribution in [0, 0.1) is 13.8 Å².